The van der Waals surface area contributed by atoms with E-state index in [0.717, 1.165) is 25.2 Å². The van der Waals surface area contributed by atoms with Gasteiger partial charge in [-0.05, 0) is 18.6 Å². The molecule has 2 N–H and O–H groups in total. The molecule has 4 rings (SSSR count). The number of pyridine rings is 1. The van der Waals surface area contributed by atoms with Crippen molar-refractivity contribution in [3.05, 3.63) is 71.1 Å². The van der Waals surface area contributed by atoms with Gasteiger partial charge in [-0.2, -0.15) is 0 Å². The van der Waals surface area contributed by atoms with E-state index in [-0.39, 0.29) is 11.3 Å². The van der Waals surface area contributed by atoms with E-state index in [1.807, 2.05) is 25.1 Å². The first kappa shape index (κ1) is 20.3. The summed E-state index contributed by atoms with van der Waals surface area (Å²) < 4.78 is 5.40. The predicted octanol–water partition coefficient (Wildman–Crippen LogP) is 0.727. The van der Waals surface area contributed by atoms with E-state index < -0.39 is 17.7 Å². The summed E-state index contributed by atoms with van der Waals surface area (Å²) in [5, 5.41) is 11.0. The number of aromatic nitrogens is 1. The molecule has 0 unspecified atom stereocenters. The molecular weight excluding hydrogens is 382 g/mol. The Hall–Kier alpha value is -3.03. The molecule has 1 atom stereocenters. The number of rotatable bonds is 5. The van der Waals surface area contributed by atoms with Crippen molar-refractivity contribution in [2.24, 2.45) is 0 Å². The number of ether oxygens (including phenoxy) is 1. The van der Waals surface area contributed by atoms with Gasteiger partial charge in [0.25, 0.3) is 11.7 Å². The predicted molar refractivity (Wildman–Crippen MR) is 111 cm³/mol. The fourth-order valence-electron chi connectivity index (χ4n) is 4.05. The van der Waals surface area contributed by atoms with Crippen molar-refractivity contribution in [3.63, 3.8) is 0 Å². The number of hydrogen-bond donors (Lipinski definition) is 2. The van der Waals surface area contributed by atoms with Crippen LogP contribution in [0.15, 0.2) is 54.4 Å². The van der Waals surface area contributed by atoms with Gasteiger partial charge in [0, 0.05) is 18.0 Å². The van der Waals surface area contributed by atoms with Gasteiger partial charge in [0.1, 0.15) is 18.8 Å². The Balaban J connectivity index is 1.71. The van der Waals surface area contributed by atoms with Gasteiger partial charge in [-0.1, -0.05) is 35.9 Å². The zero-order valence-corrected chi connectivity index (χ0v) is 17.0. The number of likely N-dealkylation sites (tertiary alicyclic amines) is 1. The Morgan fingerprint density at radius 3 is 2.60 bits per heavy atom. The van der Waals surface area contributed by atoms with Crippen molar-refractivity contribution < 1.29 is 24.3 Å². The Labute approximate surface area is 175 Å². The number of morpholine rings is 1. The summed E-state index contributed by atoms with van der Waals surface area (Å²) in [6.07, 6.45) is 3.29. The summed E-state index contributed by atoms with van der Waals surface area (Å²) in [7, 11) is 0. The maximum Gasteiger partial charge on any atom is 0.295 e. The Bertz CT molecular complexity index is 950. The molecule has 0 aliphatic carbocycles. The maximum absolute atomic E-state index is 13.0. The summed E-state index contributed by atoms with van der Waals surface area (Å²) in [6, 6.07) is 10.2. The van der Waals surface area contributed by atoms with Crippen LogP contribution in [-0.4, -0.2) is 66.1 Å². The molecule has 2 saturated heterocycles. The second-order valence-corrected chi connectivity index (χ2v) is 7.76. The second-order valence-electron chi connectivity index (χ2n) is 7.76. The number of hydrogen-bond acceptors (Lipinski definition) is 5. The summed E-state index contributed by atoms with van der Waals surface area (Å²) in [6.45, 7) is 6.26. The topological polar surface area (TPSA) is 84.2 Å². The van der Waals surface area contributed by atoms with Crippen molar-refractivity contribution in [2.75, 3.05) is 39.4 Å². The lowest BCUT2D eigenvalue weighted by atomic mass is 9.96. The molecule has 7 nitrogen and oxygen atoms in total. The van der Waals surface area contributed by atoms with Crippen LogP contribution in [0.5, 0.6) is 0 Å². The number of aliphatic hydroxyl groups excluding tert-OH is 1. The van der Waals surface area contributed by atoms with E-state index in [9.17, 15) is 14.7 Å². The summed E-state index contributed by atoms with van der Waals surface area (Å²) >= 11 is 0. The number of Topliss-reactive ketones (excluding diaryl/α,β-unsaturated/α-hetero) is 1. The van der Waals surface area contributed by atoms with Crippen LogP contribution in [-0.2, 0) is 14.3 Å². The Kier molecular flexibility index (Phi) is 5.92. The van der Waals surface area contributed by atoms with Crippen molar-refractivity contribution >= 4 is 17.4 Å². The third kappa shape index (κ3) is 3.99. The molecule has 1 aromatic heterocycles. The van der Waals surface area contributed by atoms with Crippen LogP contribution in [0.3, 0.4) is 0 Å². The molecule has 2 fully saturated rings. The first-order valence-corrected chi connectivity index (χ1v) is 10.2. The highest BCUT2D eigenvalue weighted by atomic mass is 16.5. The first-order chi connectivity index (χ1) is 14.6. The van der Waals surface area contributed by atoms with Gasteiger partial charge in [0.15, 0.2) is 0 Å². The largest absolute Gasteiger partial charge is 0.507 e. The summed E-state index contributed by atoms with van der Waals surface area (Å²) in [4.78, 5) is 33.0. The number of aliphatic hydroxyl groups is 1. The van der Waals surface area contributed by atoms with E-state index in [1.54, 1.807) is 35.5 Å². The lowest BCUT2D eigenvalue weighted by Gasteiger charge is -2.29. The highest BCUT2D eigenvalue weighted by Crippen LogP contribution is 2.38. The molecule has 0 radical (unpaired) electrons. The highest BCUT2D eigenvalue weighted by Gasteiger charge is 2.46. The Morgan fingerprint density at radius 2 is 1.93 bits per heavy atom. The van der Waals surface area contributed by atoms with Crippen LogP contribution in [0, 0.1) is 6.92 Å². The summed E-state index contributed by atoms with van der Waals surface area (Å²) in [5.74, 6) is -1.38. The Morgan fingerprint density at radius 1 is 1.20 bits per heavy atom. The number of quaternary nitrogens is 1. The van der Waals surface area contributed by atoms with Crippen molar-refractivity contribution in [1.29, 1.82) is 0 Å². The summed E-state index contributed by atoms with van der Waals surface area (Å²) in [5.41, 5.74) is 2.40. The molecule has 7 heteroatoms. The standard InChI is InChI=1S/C23H25N3O4/c1-16-4-6-17(7-5-16)21(27)19-20(18-3-2-8-24-15-18)26(23(29)22(19)28)10-9-25-11-13-30-14-12-25/h2-8,15,20,27H,9-14H2,1H3/p+1/b21-19+/t20-/m1/s1. The molecule has 0 bridgehead atoms. The highest BCUT2D eigenvalue weighted by molar-refractivity contribution is 6.46. The van der Waals surface area contributed by atoms with Crippen LogP contribution in [0.2, 0.25) is 0 Å². The maximum atomic E-state index is 13.0. The average Bonchev–Trinajstić information content (AvgIpc) is 3.04. The number of carbonyl (C=O) groups is 2. The molecule has 0 spiro atoms. The smallest absolute Gasteiger partial charge is 0.295 e. The molecule has 1 aromatic carbocycles. The molecule has 30 heavy (non-hydrogen) atoms. The number of carbonyl (C=O) groups excluding carboxylic acids is 2. The number of benzene rings is 1. The van der Waals surface area contributed by atoms with E-state index >= 15 is 0 Å². The van der Waals surface area contributed by atoms with Crippen molar-refractivity contribution in [3.8, 4) is 0 Å². The van der Waals surface area contributed by atoms with Gasteiger partial charge in [0.2, 0.25) is 0 Å². The fourth-order valence-corrected chi connectivity index (χ4v) is 4.05. The third-order valence-electron chi connectivity index (χ3n) is 5.77. The molecule has 2 aliphatic heterocycles. The van der Waals surface area contributed by atoms with E-state index in [4.69, 9.17) is 4.74 Å². The van der Waals surface area contributed by atoms with Gasteiger partial charge >= 0.3 is 0 Å². The van der Waals surface area contributed by atoms with Crippen LogP contribution >= 0.6 is 0 Å². The minimum atomic E-state index is -0.654. The zero-order valence-electron chi connectivity index (χ0n) is 17.0. The minimum Gasteiger partial charge on any atom is -0.507 e. The van der Waals surface area contributed by atoms with E-state index in [1.165, 1.54) is 4.90 Å². The van der Waals surface area contributed by atoms with Crippen LogP contribution in [0.4, 0.5) is 0 Å². The molecule has 3 heterocycles. The molecule has 0 saturated carbocycles. The van der Waals surface area contributed by atoms with E-state index in [2.05, 4.69) is 4.98 Å². The number of nitrogens with zero attached hydrogens (tertiary/aromatic N) is 2. The monoisotopic (exact) mass is 408 g/mol. The van der Waals surface area contributed by atoms with E-state index in [0.29, 0.717) is 30.9 Å². The van der Waals surface area contributed by atoms with Crippen molar-refractivity contribution in [2.45, 2.75) is 13.0 Å². The zero-order chi connectivity index (χ0) is 21.1. The van der Waals surface area contributed by atoms with Crippen molar-refractivity contribution in [1.82, 2.24) is 9.88 Å². The molecule has 2 aromatic rings. The SMILES string of the molecule is Cc1ccc(/C(O)=C2\C(=O)C(=O)N(CC[NH+]3CCOCC3)[C@@H]2c2cccnc2)cc1. The third-order valence-corrected chi connectivity index (χ3v) is 5.77. The number of nitrogens with one attached hydrogen (secondary N) is 1. The van der Waals surface area contributed by atoms with Gasteiger partial charge in [-0.25, -0.2) is 0 Å². The van der Waals surface area contributed by atoms with Gasteiger partial charge < -0.3 is 19.6 Å². The number of amides is 1. The number of ketones is 1. The lowest BCUT2D eigenvalue weighted by Crippen LogP contribution is -3.14. The lowest BCUT2D eigenvalue weighted by molar-refractivity contribution is -0.907. The first-order valence-electron chi connectivity index (χ1n) is 10.2. The average molecular weight is 408 g/mol. The molecule has 1 amide bonds. The molecular formula is C23H26N3O4+. The quantitative estimate of drug-likeness (QED) is 0.433. The van der Waals surface area contributed by atoms with Gasteiger partial charge in [-0.3, -0.25) is 14.6 Å². The van der Waals surface area contributed by atoms with Gasteiger partial charge in [0.05, 0.1) is 37.9 Å². The number of aryl methyl sites for hydroxylation is 1. The molecule has 2 aliphatic rings. The minimum absolute atomic E-state index is 0.119. The second kappa shape index (κ2) is 8.77. The fraction of sp³-hybridized carbons (Fsp3) is 0.348. The van der Waals surface area contributed by atoms with Crippen LogP contribution in [0.1, 0.15) is 22.7 Å². The van der Waals surface area contributed by atoms with Gasteiger partial charge in [-0.15, -0.1) is 0 Å². The van der Waals surface area contributed by atoms with Crippen LogP contribution in [0.25, 0.3) is 5.76 Å². The van der Waals surface area contributed by atoms with Crippen LogP contribution < -0.4 is 4.90 Å². The molecule has 156 valence electrons. The normalized spacial score (nSPS) is 21.9.